The highest BCUT2D eigenvalue weighted by Gasteiger charge is 2.13. The molecule has 20 heavy (non-hydrogen) atoms. The second-order valence-electron chi connectivity index (χ2n) is 4.91. The highest BCUT2D eigenvalue weighted by molar-refractivity contribution is 6.31. The fourth-order valence-corrected chi connectivity index (χ4v) is 2.60. The number of halogens is 1. The van der Waals surface area contributed by atoms with E-state index in [1.807, 2.05) is 30.3 Å². The average molecular weight is 290 g/mol. The molecule has 0 heterocycles. The first-order valence-corrected chi connectivity index (χ1v) is 7.14. The summed E-state index contributed by atoms with van der Waals surface area (Å²) in [7, 11) is 1.68. The maximum absolute atomic E-state index is 6.24. The third kappa shape index (κ3) is 3.53. The van der Waals surface area contributed by atoms with Crippen molar-refractivity contribution in [3.63, 3.8) is 0 Å². The topological polar surface area (TPSA) is 21.3 Å². The smallest absolute Gasteiger partial charge is 0.119 e. The van der Waals surface area contributed by atoms with Crippen LogP contribution in [0.2, 0.25) is 5.02 Å². The van der Waals surface area contributed by atoms with Gasteiger partial charge >= 0.3 is 0 Å². The van der Waals surface area contributed by atoms with Crippen LogP contribution in [-0.2, 0) is 0 Å². The van der Waals surface area contributed by atoms with Crippen molar-refractivity contribution in [1.82, 2.24) is 5.32 Å². The van der Waals surface area contributed by atoms with Gasteiger partial charge in [0, 0.05) is 17.1 Å². The number of methoxy groups -OCH3 is 1. The summed E-state index contributed by atoms with van der Waals surface area (Å²) in [5, 5.41) is 4.36. The van der Waals surface area contributed by atoms with Gasteiger partial charge in [-0.15, -0.1) is 0 Å². The number of hydrogen-bond donors (Lipinski definition) is 1. The fraction of sp³-hybridized carbons (Fsp3) is 0.294. The monoisotopic (exact) mass is 289 g/mol. The summed E-state index contributed by atoms with van der Waals surface area (Å²) in [4.78, 5) is 0. The average Bonchev–Trinajstić information content (AvgIpc) is 2.47. The highest BCUT2D eigenvalue weighted by atomic mass is 35.5. The van der Waals surface area contributed by atoms with Crippen LogP contribution in [0.25, 0.3) is 0 Å². The molecule has 2 atom stereocenters. The van der Waals surface area contributed by atoms with E-state index in [2.05, 4.69) is 37.4 Å². The summed E-state index contributed by atoms with van der Waals surface area (Å²) < 4.78 is 5.26. The summed E-state index contributed by atoms with van der Waals surface area (Å²) in [6.45, 7) is 4.26. The van der Waals surface area contributed by atoms with Gasteiger partial charge in [-0.25, -0.2) is 0 Å². The zero-order valence-corrected chi connectivity index (χ0v) is 12.8. The molecule has 0 saturated heterocycles. The Morgan fingerprint density at radius 3 is 2.45 bits per heavy atom. The Balaban J connectivity index is 2.11. The summed E-state index contributed by atoms with van der Waals surface area (Å²) in [6, 6.07) is 16.4. The number of nitrogens with one attached hydrogen (secondary N) is 1. The Kier molecular flexibility index (Phi) is 5.05. The Morgan fingerprint density at radius 1 is 1.00 bits per heavy atom. The van der Waals surface area contributed by atoms with Gasteiger partial charge in [0.15, 0.2) is 0 Å². The van der Waals surface area contributed by atoms with Gasteiger partial charge in [0.05, 0.1) is 7.11 Å². The molecule has 2 nitrogen and oxygen atoms in total. The van der Waals surface area contributed by atoms with Gasteiger partial charge in [-0.1, -0.05) is 41.9 Å². The fourth-order valence-electron chi connectivity index (χ4n) is 2.30. The van der Waals surface area contributed by atoms with Gasteiger partial charge in [0.2, 0.25) is 0 Å². The molecule has 2 aromatic rings. The molecular formula is C17H20ClNO. The zero-order chi connectivity index (χ0) is 14.5. The normalized spacial score (nSPS) is 13.8. The molecular weight excluding hydrogens is 270 g/mol. The number of rotatable bonds is 5. The van der Waals surface area contributed by atoms with Gasteiger partial charge < -0.3 is 10.1 Å². The maximum atomic E-state index is 6.24. The Bertz CT molecular complexity index is 570. The Hall–Kier alpha value is -1.51. The quantitative estimate of drug-likeness (QED) is 0.857. The van der Waals surface area contributed by atoms with Crippen LogP contribution >= 0.6 is 11.6 Å². The van der Waals surface area contributed by atoms with Crippen molar-refractivity contribution in [2.75, 3.05) is 7.11 Å². The van der Waals surface area contributed by atoms with Crippen LogP contribution < -0.4 is 10.1 Å². The summed E-state index contributed by atoms with van der Waals surface area (Å²) in [5.74, 6) is 0.876. The predicted octanol–water partition coefficient (Wildman–Crippen LogP) is 4.76. The van der Waals surface area contributed by atoms with E-state index in [1.54, 1.807) is 7.11 Å². The molecule has 2 rings (SSSR count). The molecule has 2 unspecified atom stereocenters. The molecule has 0 bridgehead atoms. The van der Waals surface area contributed by atoms with Crippen molar-refractivity contribution < 1.29 is 4.74 Å². The molecule has 0 fully saturated rings. The van der Waals surface area contributed by atoms with E-state index in [0.29, 0.717) is 0 Å². The highest BCUT2D eigenvalue weighted by Crippen LogP contribution is 2.26. The minimum Gasteiger partial charge on any atom is -0.497 e. The van der Waals surface area contributed by atoms with Crippen molar-refractivity contribution >= 4 is 11.6 Å². The molecule has 0 amide bonds. The Labute approximate surface area is 125 Å². The van der Waals surface area contributed by atoms with E-state index < -0.39 is 0 Å². The van der Waals surface area contributed by atoms with Crippen LogP contribution in [-0.4, -0.2) is 7.11 Å². The predicted molar refractivity (Wildman–Crippen MR) is 84.4 cm³/mol. The van der Waals surface area contributed by atoms with E-state index in [1.165, 1.54) is 5.56 Å². The Morgan fingerprint density at radius 2 is 1.75 bits per heavy atom. The molecule has 0 spiro atoms. The summed E-state index contributed by atoms with van der Waals surface area (Å²) >= 11 is 6.24. The minimum absolute atomic E-state index is 0.185. The van der Waals surface area contributed by atoms with E-state index in [0.717, 1.165) is 16.3 Å². The lowest BCUT2D eigenvalue weighted by atomic mass is 10.0. The van der Waals surface area contributed by atoms with E-state index >= 15 is 0 Å². The van der Waals surface area contributed by atoms with E-state index in [-0.39, 0.29) is 12.1 Å². The summed E-state index contributed by atoms with van der Waals surface area (Å²) in [6.07, 6.45) is 0. The van der Waals surface area contributed by atoms with Gasteiger partial charge in [-0.2, -0.15) is 0 Å². The van der Waals surface area contributed by atoms with Crippen LogP contribution in [0.1, 0.15) is 37.1 Å². The van der Waals surface area contributed by atoms with E-state index in [9.17, 15) is 0 Å². The van der Waals surface area contributed by atoms with Gasteiger partial charge in [0.1, 0.15) is 5.75 Å². The molecule has 1 N–H and O–H groups in total. The molecule has 0 aliphatic carbocycles. The van der Waals surface area contributed by atoms with Crippen molar-refractivity contribution in [1.29, 1.82) is 0 Å². The maximum Gasteiger partial charge on any atom is 0.119 e. The standard InChI is InChI=1S/C17H20ClNO/c1-12(14-7-6-8-15(11-14)20-3)19-13(2)16-9-4-5-10-17(16)18/h4-13,19H,1-3H3. The van der Waals surface area contributed by atoms with Crippen molar-refractivity contribution in [2.24, 2.45) is 0 Å². The zero-order valence-electron chi connectivity index (χ0n) is 12.1. The van der Waals surface area contributed by atoms with Crippen molar-refractivity contribution in [3.05, 3.63) is 64.7 Å². The first kappa shape index (κ1) is 14.9. The van der Waals surface area contributed by atoms with Gasteiger partial charge in [0.25, 0.3) is 0 Å². The first-order chi connectivity index (χ1) is 9.61. The second-order valence-corrected chi connectivity index (χ2v) is 5.32. The minimum atomic E-state index is 0.185. The first-order valence-electron chi connectivity index (χ1n) is 6.76. The second kappa shape index (κ2) is 6.78. The molecule has 0 radical (unpaired) electrons. The van der Waals surface area contributed by atoms with Crippen molar-refractivity contribution in [2.45, 2.75) is 25.9 Å². The lowest BCUT2D eigenvalue weighted by molar-refractivity contribution is 0.412. The number of hydrogen-bond acceptors (Lipinski definition) is 2. The molecule has 0 aliphatic heterocycles. The van der Waals surface area contributed by atoms with Crippen LogP contribution in [0, 0.1) is 0 Å². The molecule has 0 saturated carbocycles. The van der Waals surface area contributed by atoms with Crippen LogP contribution in [0.3, 0.4) is 0 Å². The lowest BCUT2D eigenvalue weighted by Gasteiger charge is -2.22. The largest absolute Gasteiger partial charge is 0.497 e. The third-order valence-corrected chi connectivity index (χ3v) is 3.81. The van der Waals surface area contributed by atoms with Crippen LogP contribution in [0.4, 0.5) is 0 Å². The van der Waals surface area contributed by atoms with E-state index in [4.69, 9.17) is 16.3 Å². The van der Waals surface area contributed by atoms with Crippen molar-refractivity contribution in [3.8, 4) is 5.75 Å². The van der Waals surface area contributed by atoms with Crippen LogP contribution in [0.5, 0.6) is 5.75 Å². The lowest BCUT2D eigenvalue weighted by Crippen LogP contribution is -2.22. The van der Waals surface area contributed by atoms with Crippen LogP contribution in [0.15, 0.2) is 48.5 Å². The molecule has 106 valence electrons. The molecule has 2 aromatic carbocycles. The number of benzene rings is 2. The molecule has 0 aromatic heterocycles. The molecule has 3 heteroatoms. The molecule has 0 aliphatic rings. The third-order valence-electron chi connectivity index (χ3n) is 3.47. The van der Waals surface area contributed by atoms with Gasteiger partial charge in [-0.3, -0.25) is 0 Å². The SMILES string of the molecule is COc1cccc(C(C)NC(C)c2ccccc2Cl)c1. The number of ether oxygens (including phenoxy) is 1. The van der Waals surface area contributed by atoms with Gasteiger partial charge in [-0.05, 0) is 43.2 Å². The summed E-state index contributed by atoms with van der Waals surface area (Å²) in [5.41, 5.74) is 2.31.